The number of amides is 1. The van der Waals surface area contributed by atoms with Gasteiger partial charge in [-0.1, -0.05) is 55.7 Å². The molecule has 1 atom stereocenters. The Morgan fingerprint density at radius 3 is 2.33 bits per heavy atom. The van der Waals surface area contributed by atoms with Crippen LogP contribution in [-0.2, 0) is 6.54 Å². The third-order valence-electron chi connectivity index (χ3n) is 7.64. The van der Waals surface area contributed by atoms with E-state index >= 15 is 0 Å². The molecule has 6 heteroatoms. The van der Waals surface area contributed by atoms with Crippen molar-refractivity contribution >= 4 is 16.9 Å². The molecule has 0 radical (unpaired) electrons. The van der Waals surface area contributed by atoms with Gasteiger partial charge in [0.25, 0.3) is 5.91 Å². The fraction of sp³-hybridized carbons (Fsp3) is 0.353. The molecule has 1 unspecified atom stereocenters. The van der Waals surface area contributed by atoms with Crippen molar-refractivity contribution in [2.45, 2.75) is 66.5 Å². The number of benzene rings is 3. The van der Waals surface area contributed by atoms with E-state index in [2.05, 4.69) is 6.92 Å². The number of ether oxygens (including phenoxy) is 2. The summed E-state index contributed by atoms with van der Waals surface area (Å²) < 4.78 is 18.2. The van der Waals surface area contributed by atoms with E-state index in [4.69, 9.17) is 13.9 Å². The molecule has 1 aromatic heterocycles. The monoisotopic (exact) mass is 539 g/mol. The van der Waals surface area contributed by atoms with Gasteiger partial charge in [0.2, 0.25) is 5.76 Å². The highest BCUT2D eigenvalue weighted by atomic mass is 16.5. The van der Waals surface area contributed by atoms with Gasteiger partial charge < -0.3 is 18.8 Å². The molecular formula is C34H37NO5. The van der Waals surface area contributed by atoms with Crippen molar-refractivity contribution < 1.29 is 18.7 Å². The van der Waals surface area contributed by atoms with Gasteiger partial charge in [0.15, 0.2) is 16.9 Å². The molecule has 0 bridgehead atoms. The Morgan fingerprint density at radius 1 is 0.850 bits per heavy atom. The van der Waals surface area contributed by atoms with Gasteiger partial charge in [0.1, 0.15) is 5.58 Å². The third kappa shape index (κ3) is 5.23. The fourth-order valence-electron chi connectivity index (χ4n) is 5.29. The first-order valence-electron chi connectivity index (χ1n) is 14.2. The number of fused-ring (bicyclic) bond motifs is 2. The predicted molar refractivity (Wildman–Crippen MR) is 157 cm³/mol. The van der Waals surface area contributed by atoms with Crippen LogP contribution in [0, 0.1) is 20.8 Å². The number of rotatable bonds is 10. The SMILES string of the molecule is CCCCCOc1ccc(C2c3c(oc4cc(C)c(C)cc4c3=O)C(=O)N2Cc2ccc(C)cc2)cc1OCC. The first-order valence-corrected chi connectivity index (χ1v) is 14.2. The molecule has 0 aliphatic carbocycles. The minimum Gasteiger partial charge on any atom is -0.490 e. The Balaban J connectivity index is 1.64. The summed E-state index contributed by atoms with van der Waals surface area (Å²) in [6.45, 7) is 11.5. The van der Waals surface area contributed by atoms with Crippen LogP contribution in [0.3, 0.4) is 0 Å². The van der Waals surface area contributed by atoms with Crippen molar-refractivity contribution in [3.63, 3.8) is 0 Å². The smallest absolute Gasteiger partial charge is 0.291 e. The van der Waals surface area contributed by atoms with Crippen molar-refractivity contribution in [1.29, 1.82) is 0 Å². The molecule has 6 nitrogen and oxygen atoms in total. The Hall–Kier alpha value is -4.06. The number of hydrogen-bond donors (Lipinski definition) is 0. The first-order chi connectivity index (χ1) is 19.3. The Bertz CT molecular complexity index is 1600. The van der Waals surface area contributed by atoms with E-state index in [-0.39, 0.29) is 17.1 Å². The predicted octanol–water partition coefficient (Wildman–Crippen LogP) is 7.43. The molecule has 5 rings (SSSR count). The van der Waals surface area contributed by atoms with E-state index in [0.717, 1.165) is 47.1 Å². The molecule has 0 saturated carbocycles. The molecule has 3 aromatic carbocycles. The summed E-state index contributed by atoms with van der Waals surface area (Å²) in [5.41, 5.74) is 5.52. The van der Waals surface area contributed by atoms with Gasteiger partial charge in [-0.2, -0.15) is 0 Å². The fourth-order valence-corrected chi connectivity index (χ4v) is 5.29. The summed E-state index contributed by atoms with van der Waals surface area (Å²) in [6.07, 6.45) is 3.17. The Morgan fingerprint density at radius 2 is 1.60 bits per heavy atom. The van der Waals surface area contributed by atoms with Crippen LogP contribution in [0.4, 0.5) is 0 Å². The third-order valence-corrected chi connectivity index (χ3v) is 7.64. The zero-order chi connectivity index (χ0) is 28.4. The summed E-state index contributed by atoms with van der Waals surface area (Å²) in [6, 6.07) is 16.9. The second kappa shape index (κ2) is 11.6. The number of nitrogens with zero attached hydrogens (tertiary/aromatic N) is 1. The van der Waals surface area contributed by atoms with E-state index < -0.39 is 6.04 Å². The van der Waals surface area contributed by atoms with Crippen LogP contribution in [-0.4, -0.2) is 24.0 Å². The molecule has 40 heavy (non-hydrogen) atoms. The highest BCUT2D eigenvalue weighted by Gasteiger charge is 2.43. The lowest BCUT2D eigenvalue weighted by atomic mass is 9.97. The Labute approximate surface area is 235 Å². The molecule has 1 aliphatic rings. The van der Waals surface area contributed by atoms with Crippen LogP contribution in [0.15, 0.2) is 63.8 Å². The number of hydrogen-bond acceptors (Lipinski definition) is 5. The van der Waals surface area contributed by atoms with Gasteiger partial charge in [-0.05, 0) is 80.6 Å². The normalized spacial score (nSPS) is 14.6. The molecule has 1 amide bonds. The summed E-state index contributed by atoms with van der Waals surface area (Å²) in [5, 5.41) is 0.484. The topological polar surface area (TPSA) is 69.0 Å². The van der Waals surface area contributed by atoms with Crippen LogP contribution in [0.2, 0.25) is 0 Å². The van der Waals surface area contributed by atoms with E-state index in [0.29, 0.717) is 47.8 Å². The van der Waals surface area contributed by atoms with Crippen molar-refractivity contribution in [2.75, 3.05) is 13.2 Å². The van der Waals surface area contributed by atoms with Crippen LogP contribution in [0.5, 0.6) is 11.5 Å². The van der Waals surface area contributed by atoms with E-state index in [1.807, 2.05) is 82.3 Å². The summed E-state index contributed by atoms with van der Waals surface area (Å²) in [5.74, 6) is 1.07. The van der Waals surface area contributed by atoms with E-state index in [1.165, 1.54) is 0 Å². The van der Waals surface area contributed by atoms with Crippen LogP contribution in [0.1, 0.15) is 83.1 Å². The van der Waals surface area contributed by atoms with Crippen molar-refractivity contribution in [2.24, 2.45) is 0 Å². The molecule has 2 heterocycles. The van der Waals surface area contributed by atoms with Gasteiger partial charge in [-0.25, -0.2) is 0 Å². The lowest BCUT2D eigenvalue weighted by molar-refractivity contribution is 0.0714. The zero-order valence-corrected chi connectivity index (χ0v) is 24.0. The van der Waals surface area contributed by atoms with Gasteiger partial charge in [0.05, 0.1) is 30.2 Å². The number of aryl methyl sites for hydroxylation is 3. The van der Waals surface area contributed by atoms with Gasteiger partial charge in [-0.3, -0.25) is 9.59 Å². The minimum absolute atomic E-state index is 0.107. The summed E-state index contributed by atoms with van der Waals surface area (Å²) in [7, 11) is 0. The maximum atomic E-state index is 14.0. The standard InChI is InChI=1S/C34H37NO5/c1-6-8-9-16-39-27-15-14-25(19-29(27)38-7-2)31-30-32(36)26-17-22(4)23(5)18-28(26)40-33(30)34(37)35(31)20-24-12-10-21(3)11-13-24/h10-15,17-19,31H,6-9,16,20H2,1-5H3. The van der Waals surface area contributed by atoms with Crippen LogP contribution < -0.4 is 14.9 Å². The van der Waals surface area contributed by atoms with E-state index in [9.17, 15) is 9.59 Å². The van der Waals surface area contributed by atoms with E-state index in [1.54, 1.807) is 4.90 Å². The highest BCUT2D eigenvalue weighted by molar-refractivity contribution is 5.99. The molecule has 0 N–H and O–H groups in total. The number of carbonyl (C=O) groups is 1. The van der Waals surface area contributed by atoms with Gasteiger partial charge in [0, 0.05) is 6.54 Å². The molecule has 208 valence electrons. The summed E-state index contributed by atoms with van der Waals surface area (Å²) in [4.78, 5) is 29.7. The molecule has 0 saturated heterocycles. The molecule has 0 spiro atoms. The largest absolute Gasteiger partial charge is 0.490 e. The average molecular weight is 540 g/mol. The first kappa shape index (κ1) is 27.5. The van der Waals surface area contributed by atoms with Gasteiger partial charge >= 0.3 is 0 Å². The quantitative estimate of drug-likeness (QED) is 0.196. The average Bonchev–Trinajstić information content (AvgIpc) is 3.21. The van der Waals surface area contributed by atoms with Crippen molar-refractivity contribution in [3.05, 3.63) is 104 Å². The second-order valence-corrected chi connectivity index (χ2v) is 10.6. The van der Waals surface area contributed by atoms with Crippen molar-refractivity contribution in [3.8, 4) is 11.5 Å². The number of carbonyl (C=O) groups excluding carboxylic acids is 1. The lowest BCUT2D eigenvalue weighted by Gasteiger charge is -2.26. The lowest BCUT2D eigenvalue weighted by Crippen LogP contribution is -2.29. The molecule has 1 aliphatic heterocycles. The maximum Gasteiger partial charge on any atom is 0.291 e. The Kier molecular flexibility index (Phi) is 7.97. The second-order valence-electron chi connectivity index (χ2n) is 10.6. The van der Waals surface area contributed by atoms with Crippen LogP contribution in [0.25, 0.3) is 11.0 Å². The molecule has 0 fully saturated rings. The minimum atomic E-state index is -0.626. The van der Waals surface area contributed by atoms with Crippen LogP contribution >= 0.6 is 0 Å². The molecular weight excluding hydrogens is 502 g/mol. The number of unbranched alkanes of at least 4 members (excludes halogenated alkanes) is 2. The molecule has 4 aromatic rings. The maximum absolute atomic E-state index is 14.0. The highest BCUT2D eigenvalue weighted by Crippen LogP contribution is 2.42. The zero-order valence-electron chi connectivity index (χ0n) is 24.0. The van der Waals surface area contributed by atoms with Crippen molar-refractivity contribution in [1.82, 2.24) is 4.90 Å². The summed E-state index contributed by atoms with van der Waals surface area (Å²) >= 11 is 0. The van der Waals surface area contributed by atoms with Gasteiger partial charge in [-0.15, -0.1) is 0 Å².